The Hall–Kier alpha value is -4.67. The molecule has 4 aromatic rings. The molecule has 0 saturated carbocycles. The SMILES string of the molecule is Cc1cc(Nc2nccn3c(-c4cn(CC(F)F)nc4C(F)(F)F)cnc23)cc(F)c1C(=O)N1CCN(C(=O)[C@@H]2CCCN2)CC1. The zero-order valence-corrected chi connectivity index (χ0v) is 24.5. The molecule has 2 aliphatic rings. The number of benzene rings is 1. The molecule has 2 amide bonds. The van der Waals surface area contributed by atoms with E-state index in [1.54, 1.807) is 11.8 Å². The summed E-state index contributed by atoms with van der Waals surface area (Å²) >= 11 is 0. The summed E-state index contributed by atoms with van der Waals surface area (Å²) in [6.45, 7) is 2.58. The lowest BCUT2D eigenvalue weighted by Gasteiger charge is -2.36. The number of imidazole rings is 1. The minimum Gasteiger partial charge on any atom is -0.338 e. The fraction of sp³-hybridized carbons (Fsp3) is 0.414. The van der Waals surface area contributed by atoms with Crippen LogP contribution in [0.1, 0.15) is 34.5 Å². The van der Waals surface area contributed by atoms with Crippen LogP contribution in [0.25, 0.3) is 16.9 Å². The Balaban J connectivity index is 1.21. The van der Waals surface area contributed by atoms with Gasteiger partial charge in [0.2, 0.25) is 5.91 Å². The summed E-state index contributed by atoms with van der Waals surface area (Å²) in [5.74, 6) is -1.21. The number of hydrogen-bond acceptors (Lipinski definition) is 7. The maximum absolute atomic E-state index is 15.4. The Morgan fingerprint density at radius 2 is 1.85 bits per heavy atom. The largest absolute Gasteiger partial charge is 0.435 e. The number of rotatable bonds is 7. The smallest absolute Gasteiger partial charge is 0.338 e. The summed E-state index contributed by atoms with van der Waals surface area (Å²) in [5, 5.41) is 9.41. The molecule has 1 aromatic carbocycles. The van der Waals surface area contributed by atoms with Crippen molar-refractivity contribution in [1.29, 1.82) is 0 Å². The number of aromatic nitrogens is 5. The molecule has 11 nitrogen and oxygen atoms in total. The molecule has 5 heterocycles. The van der Waals surface area contributed by atoms with Crippen LogP contribution in [-0.2, 0) is 17.5 Å². The summed E-state index contributed by atoms with van der Waals surface area (Å²) in [7, 11) is 0. The molecule has 2 fully saturated rings. The van der Waals surface area contributed by atoms with Gasteiger partial charge < -0.3 is 20.4 Å². The standard InChI is InChI=1S/C29H29F6N9O2/c1-16-11-17(12-19(30)23(16)28(46)42-9-7-41(8-10-42)27(45)20-3-2-4-36-20)39-25-26-38-13-21(44(26)6-5-37-25)18-14-43(15-22(31)32)40-24(18)29(33,34)35/h5-6,11-14,20,22,36H,2-4,7-10,15H2,1H3,(H,37,39)/t20-/m0/s1. The van der Waals surface area contributed by atoms with Crippen LogP contribution < -0.4 is 10.6 Å². The predicted molar refractivity (Wildman–Crippen MR) is 153 cm³/mol. The molecule has 3 aromatic heterocycles. The third-order valence-electron chi connectivity index (χ3n) is 8.06. The van der Waals surface area contributed by atoms with Gasteiger partial charge in [-0.1, -0.05) is 0 Å². The van der Waals surface area contributed by atoms with Gasteiger partial charge in [-0.05, 0) is 44.0 Å². The average Bonchev–Trinajstić information content (AvgIpc) is 3.76. The van der Waals surface area contributed by atoms with E-state index < -0.39 is 42.1 Å². The first kappa shape index (κ1) is 31.3. The van der Waals surface area contributed by atoms with Crippen molar-refractivity contribution in [3.63, 3.8) is 0 Å². The Kier molecular flexibility index (Phi) is 8.35. The molecule has 0 bridgehead atoms. The van der Waals surface area contributed by atoms with Crippen LogP contribution in [0.3, 0.4) is 0 Å². The van der Waals surface area contributed by atoms with Crippen LogP contribution in [0, 0.1) is 12.7 Å². The van der Waals surface area contributed by atoms with Gasteiger partial charge in [0.25, 0.3) is 12.3 Å². The second kappa shape index (κ2) is 12.3. The summed E-state index contributed by atoms with van der Waals surface area (Å²) in [5.41, 5.74) is -1.38. The van der Waals surface area contributed by atoms with E-state index in [4.69, 9.17) is 0 Å². The highest BCUT2D eigenvalue weighted by Crippen LogP contribution is 2.37. The van der Waals surface area contributed by atoms with E-state index >= 15 is 4.39 Å². The highest BCUT2D eigenvalue weighted by Gasteiger charge is 2.39. The molecule has 0 unspecified atom stereocenters. The molecule has 244 valence electrons. The Morgan fingerprint density at radius 1 is 1.11 bits per heavy atom. The molecule has 17 heteroatoms. The molecule has 6 rings (SSSR count). The van der Waals surface area contributed by atoms with Gasteiger partial charge in [-0.2, -0.15) is 18.3 Å². The fourth-order valence-corrected chi connectivity index (χ4v) is 5.89. The van der Waals surface area contributed by atoms with Crippen molar-refractivity contribution in [3.8, 4) is 11.3 Å². The minimum atomic E-state index is -4.92. The number of carbonyl (C=O) groups excluding carboxylic acids is 2. The Morgan fingerprint density at radius 3 is 2.50 bits per heavy atom. The normalized spacial score (nSPS) is 17.3. The van der Waals surface area contributed by atoms with Gasteiger partial charge in [0, 0.05) is 50.5 Å². The van der Waals surface area contributed by atoms with Crippen molar-refractivity contribution < 1.29 is 35.9 Å². The van der Waals surface area contributed by atoms with Crippen molar-refractivity contribution in [1.82, 2.24) is 39.3 Å². The number of aryl methyl sites for hydroxylation is 1. The van der Waals surface area contributed by atoms with Crippen LogP contribution >= 0.6 is 0 Å². The van der Waals surface area contributed by atoms with Crippen molar-refractivity contribution in [2.75, 3.05) is 38.0 Å². The number of halogens is 6. The summed E-state index contributed by atoms with van der Waals surface area (Å²) < 4.78 is 84.3. The number of nitrogens with zero attached hydrogens (tertiary/aromatic N) is 7. The number of amides is 2. The number of nitrogens with one attached hydrogen (secondary N) is 2. The zero-order chi connectivity index (χ0) is 32.7. The predicted octanol–water partition coefficient (Wildman–Crippen LogP) is 4.10. The highest BCUT2D eigenvalue weighted by molar-refractivity contribution is 5.97. The highest BCUT2D eigenvalue weighted by atomic mass is 19.4. The third kappa shape index (κ3) is 6.10. The van der Waals surface area contributed by atoms with E-state index in [-0.39, 0.29) is 53.4 Å². The quantitative estimate of drug-likeness (QED) is 0.290. The van der Waals surface area contributed by atoms with Gasteiger partial charge >= 0.3 is 6.18 Å². The molecular formula is C29H29F6N9O2. The lowest BCUT2D eigenvalue weighted by molar-refractivity contribution is -0.141. The maximum atomic E-state index is 15.4. The average molecular weight is 650 g/mol. The first-order chi connectivity index (χ1) is 21.9. The Bertz CT molecular complexity index is 1750. The van der Waals surface area contributed by atoms with Gasteiger partial charge in [0.05, 0.1) is 29.1 Å². The lowest BCUT2D eigenvalue weighted by atomic mass is 10.0. The van der Waals surface area contributed by atoms with Crippen molar-refractivity contribution >= 4 is 29.0 Å². The number of anilines is 2. The molecular weight excluding hydrogens is 620 g/mol. The number of piperazine rings is 1. The van der Waals surface area contributed by atoms with Gasteiger partial charge in [-0.3, -0.25) is 18.7 Å². The monoisotopic (exact) mass is 649 g/mol. The van der Waals surface area contributed by atoms with E-state index in [0.29, 0.717) is 23.3 Å². The van der Waals surface area contributed by atoms with E-state index in [1.807, 2.05) is 0 Å². The first-order valence-corrected chi connectivity index (χ1v) is 14.5. The summed E-state index contributed by atoms with van der Waals surface area (Å²) in [6.07, 6.45) is -1.48. The zero-order valence-electron chi connectivity index (χ0n) is 24.5. The number of fused-ring (bicyclic) bond motifs is 1. The van der Waals surface area contributed by atoms with Crippen LogP contribution in [0.4, 0.5) is 37.8 Å². The minimum absolute atomic E-state index is 0.0122. The van der Waals surface area contributed by atoms with Crippen LogP contribution in [0.5, 0.6) is 0 Å². The van der Waals surface area contributed by atoms with Crippen LogP contribution in [0.2, 0.25) is 0 Å². The van der Waals surface area contributed by atoms with Crippen molar-refractivity contribution in [2.24, 2.45) is 0 Å². The second-order valence-electron chi connectivity index (χ2n) is 11.2. The molecule has 0 aliphatic carbocycles. The molecule has 2 saturated heterocycles. The van der Waals surface area contributed by atoms with Crippen molar-refractivity contribution in [3.05, 3.63) is 59.6 Å². The van der Waals surface area contributed by atoms with E-state index in [9.17, 15) is 31.5 Å². The molecule has 2 N–H and O–H groups in total. The van der Waals surface area contributed by atoms with Gasteiger partial charge in [0.15, 0.2) is 17.2 Å². The van der Waals surface area contributed by atoms with E-state index in [1.165, 1.54) is 27.8 Å². The van der Waals surface area contributed by atoms with E-state index in [0.717, 1.165) is 37.8 Å². The van der Waals surface area contributed by atoms with E-state index in [2.05, 4.69) is 25.7 Å². The molecule has 0 radical (unpaired) electrons. The fourth-order valence-electron chi connectivity index (χ4n) is 5.89. The Labute approximate surface area is 258 Å². The molecule has 1 atom stereocenters. The summed E-state index contributed by atoms with van der Waals surface area (Å²) in [4.78, 5) is 37.6. The summed E-state index contributed by atoms with van der Waals surface area (Å²) in [6, 6.07) is 2.44. The maximum Gasteiger partial charge on any atom is 0.435 e. The lowest BCUT2D eigenvalue weighted by Crippen LogP contribution is -2.54. The van der Waals surface area contributed by atoms with Crippen LogP contribution in [-0.4, -0.2) is 91.0 Å². The molecule has 0 spiro atoms. The number of carbonyl (C=O) groups is 2. The van der Waals surface area contributed by atoms with Crippen LogP contribution in [0.15, 0.2) is 36.9 Å². The molecule has 46 heavy (non-hydrogen) atoms. The van der Waals surface area contributed by atoms with Gasteiger partial charge in [0.1, 0.15) is 12.4 Å². The van der Waals surface area contributed by atoms with Crippen molar-refractivity contribution in [2.45, 2.75) is 45.0 Å². The van der Waals surface area contributed by atoms with Gasteiger partial charge in [-0.25, -0.2) is 23.1 Å². The van der Waals surface area contributed by atoms with Gasteiger partial charge in [-0.15, -0.1) is 0 Å². The number of alkyl halides is 5. The topological polar surface area (TPSA) is 113 Å². The molecule has 2 aliphatic heterocycles. The number of hydrogen-bond donors (Lipinski definition) is 2. The second-order valence-corrected chi connectivity index (χ2v) is 11.2. The third-order valence-corrected chi connectivity index (χ3v) is 8.06. The first-order valence-electron chi connectivity index (χ1n) is 14.5.